The topological polar surface area (TPSA) is 82.1 Å². The summed E-state index contributed by atoms with van der Waals surface area (Å²) >= 11 is 5.09. The molecule has 9 heteroatoms. The number of phenolic OH excluding ortho intramolecular Hbond substituents is 1. The van der Waals surface area contributed by atoms with E-state index in [1.165, 1.54) is 13.3 Å². The first-order valence-electron chi connectivity index (χ1n) is 13.3. The smallest absolute Gasteiger partial charge is 0.200 e. The fourth-order valence-electron chi connectivity index (χ4n) is 3.49. The molecule has 41 heavy (non-hydrogen) atoms. The molecule has 240 valence electrons. The predicted molar refractivity (Wildman–Crippen MR) is 182 cm³/mol. The van der Waals surface area contributed by atoms with Crippen LogP contribution in [0.5, 0.6) is 11.5 Å². The fraction of sp³-hybridized carbons (Fsp3) is 0.625. The molecule has 0 aliphatic carbocycles. The molecule has 0 amide bonds. The molecule has 0 atom stereocenters. The number of phenols is 1. The SMILES string of the molecule is C.C.CC(C)c1cccc(C(C)C)c1O.CC(C)c1cccc(C(C)C)c1OCOP(C)(C)=O.CP(C)(=O)OCCl. The van der Waals surface area contributed by atoms with Crippen LogP contribution < -0.4 is 4.74 Å². The van der Waals surface area contributed by atoms with Crippen molar-refractivity contribution in [2.45, 2.75) is 93.9 Å². The summed E-state index contributed by atoms with van der Waals surface area (Å²) in [6.45, 7) is 23.2. The molecule has 2 rings (SSSR count). The summed E-state index contributed by atoms with van der Waals surface area (Å²) in [5, 5.41) is 9.93. The van der Waals surface area contributed by atoms with Gasteiger partial charge < -0.3 is 14.4 Å². The summed E-state index contributed by atoms with van der Waals surface area (Å²) in [7, 11) is -4.80. The maximum atomic E-state index is 11.5. The van der Waals surface area contributed by atoms with E-state index in [4.69, 9.17) is 20.9 Å². The summed E-state index contributed by atoms with van der Waals surface area (Å²) in [6.07, 6.45) is 0. The molecule has 1 N–H and O–H groups in total. The lowest BCUT2D eigenvalue weighted by Gasteiger charge is -2.20. The number of para-hydroxylation sites is 2. The Kier molecular flexibility index (Phi) is 22.2. The fourth-order valence-corrected chi connectivity index (χ4v) is 4.74. The predicted octanol–water partition coefficient (Wildman–Crippen LogP) is 11.5. The van der Waals surface area contributed by atoms with E-state index < -0.39 is 14.7 Å². The van der Waals surface area contributed by atoms with Gasteiger partial charge >= 0.3 is 0 Å². The second-order valence-corrected chi connectivity index (χ2v) is 17.0. The van der Waals surface area contributed by atoms with E-state index >= 15 is 0 Å². The number of hydrogen-bond donors (Lipinski definition) is 1. The average molecular weight is 637 g/mol. The van der Waals surface area contributed by atoms with Gasteiger partial charge in [-0.15, -0.1) is 0 Å². The molecule has 0 saturated carbocycles. The third-order valence-electron chi connectivity index (χ3n) is 5.59. The van der Waals surface area contributed by atoms with E-state index in [9.17, 15) is 14.2 Å². The number of hydrogen-bond acceptors (Lipinski definition) is 6. The largest absolute Gasteiger partial charge is 0.507 e. The van der Waals surface area contributed by atoms with Crippen molar-refractivity contribution in [3.05, 3.63) is 58.7 Å². The summed E-state index contributed by atoms with van der Waals surface area (Å²) in [6, 6.07) is 12.2. The van der Waals surface area contributed by atoms with Gasteiger partial charge in [-0.05, 0) is 45.9 Å². The molecule has 0 aromatic heterocycles. The quantitative estimate of drug-likeness (QED) is 0.159. The van der Waals surface area contributed by atoms with Crippen molar-refractivity contribution < 1.29 is 28.0 Å². The van der Waals surface area contributed by atoms with E-state index in [1.54, 1.807) is 13.3 Å². The number of benzene rings is 2. The zero-order valence-corrected chi connectivity index (χ0v) is 28.5. The standard InChI is InChI=1S/C15H25O3P.C12H18O.C3H8ClO2P.2CH4/c1-11(2)13-8-7-9-14(12(3)4)15(13)17-10-18-19(5,6)16;1-8(2)10-6-5-7-11(9(3)4)12(10)13;1-7(2,5)6-3-4;;/h7-9,11-12H,10H2,1-6H3;5-9,13H,1-4H3;3H2,1-2H3;2*1H4. The monoisotopic (exact) mass is 636 g/mol. The first kappa shape index (κ1) is 44.2. The van der Waals surface area contributed by atoms with Gasteiger partial charge in [-0.3, -0.25) is 13.7 Å². The lowest BCUT2D eigenvalue weighted by molar-refractivity contribution is 0.122. The second kappa shape index (κ2) is 20.6. The van der Waals surface area contributed by atoms with Crippen molar-refractivity contribution in [1.29, 1.82) is 0 Å². The molecule has 2 aromatic rings. The molecule has 0 bridgehead atoms. The van der Waals surface area contributed by atoms with Crippen LogP contribution in [0, 0.1) is 0 Å². The zero-order chi connectivity index (χ0) is 30.6. The first-order chi connectivity index (χ1) is 17.8. The van der Waals surface area contributed by atoms with Gasteiger partial charge in [0.05, 0.1) is 0 Å². The Morgan fingerprint density at radius 3 is 1.22 bits per heavy atom. The lowest BCUT2D eigenvalue weighted by atomic mass is 9.94. The Labute approximate surface area is 257 Å². The van der Waals surface area contributed by atoms with Gasteiger partial charge in [-0.25, -0.2) is 0 Å². The Morgan fingerprint density at radius 2 is 0.976 bits per heavy atom. The van der Waals surface area contributed by atoms with Crippen LogP contribution >= 0.6 is 26.3 Å². The minimum Gasteiger partial charge on any atom is -0.507 e. The summed E-state index contributed by atoms with van der Waals surface area (Å²) in [4.78, 5) is 0. The summed E-state index contributed by atoms with van der Waals surface area (Å²) < 4.78 is 37.6. The number of ether oxygens (including phenoxy) is 1. The van der Waals surface area contributed by atoms with E-state index in [1.807, 2.05) is 18.2 Å². The molecule has 0 aliphatic rings. The van der Waals surface area contributed by atoms with Gasteiger partial charge in [-0.2, -0.15) is 0 Å². The van der Waals surface area contributed by atoms with Gasteiger partial charge in [-0.1, -0.05) is 118 Å². The molecular formula is C32H59ClO6P2. The number of alkyl halides is 1. The molecule has 6 nitrogen and oxygen atoms in total. The van der Waals surface area contributed by atoms with Crippen molar-refractivity contribution in [3.63, 3.8) is 0 Å². The molecule has 0 spiro atoms. The van der Waals surface area contributed by atoms with E-state index in [-0.39, 0.29) is 27.7 Å². The van der Waals surface area contributed by atoms with Crippen LogP contribution in [-0.2, 0) is 18.2 Å². The van der Waals surface area contributed by atoms with Crippen LogP contribution in [0.2, 0.25) is 0 Å². The molecule has 0 aliphatic heterocycles. The van der Waals surface area contributed by atoms with Crippen LogP contribution in [0.1, 0.15) is 116 Å². The van der Waals surface area contributed by atoms with Crippen molar-refractivity contribution in [1.82, 2.24) is 0 Å². The van der Waals surface area contributed by atoms with Crippen LogP contribution in [0.4, 0.5) is 0 Å². The first-order valence-corrected chi connectivity index (χ1v) is 18.9. The van der Waals surface area contributed by atoms with Gasteiger partial charge in [0.25, 0.3) is 0 Å². The van der Waals surface area contributed by atoms with Gasteiger partial charge in [0, 0.05) is 26.7 Å². The highest BCUT2D eigenvalue weighted by Gasteiger charge is 2.16. The molecule has 0 unspecified atom stereocenters. The molecule has 0 radical (unpaired) electrons. The third kappa shape index (κ3) is 18.1. The van der Waals surface area contributed by atoms with Crippen molar-refractivity contribution in [3.8, 4) is 11.5 Å². The van der Waals surface area contributed by atoms with E-state index in [0.717, 1.165) is 28.0 Å². The highest BCUT2D eigenvalue weighted by atomic mass is 35.5. The van der Waals surface area contributed by atoms with Gasteiger partial charge in [0.2, 0.25) is 0 Å². The van der Waals surface area contributed by atoms with Crippen molar-refractivity contribution in [2.24, 2.45) is 0 Å². The Bertz CT molecular complexity index is 1040. The highest BCUT2D eigenvalue weighted by Crippen LogP contribution is 2.39. The zero-order valence-electron chi connectivity index (χ0n) is 25.9. The molecule has 0 saturated heterocycles. The second-order valence-electron chi connectivity index (χ2n) is 11.3. The highest BCUT2D eigenvalue weighted by molar-refractivity contribution is 7.57. The summed E-state index contributed by atoms with van der Waals surface area (Å²) in [5.41, 5.74) is 4.42. The lowest BCUT2D eigenvalue weighted by Crippen LogP contribution is -2.07. The van der Waals surface area contributed by atoms with Gasteiger partial charge in [0.1, 0.15) is 17.6 Å². The molecule has 0 heterocycles. The van der Waals surface area contributed by atoms with Crippen molar-refractivity contribution in [2.75, 3.05) is 39.5 Å². The minimum absolute atomic E-state index is 0. The molecule has 0 fully saturated rings. The minimum atomic E-state index is -2.51. The van der Waals surface area contributed by atoms with Crippen molar-refractivity contribution >= 4 is 26.3 Å². The average Bonchev–Trinajstić information content (AvgIpc) is 2.77. The van der Waals surface area contributed by atoms with Crippen LogP contribution in [0.3, 0.4) is 0 Å². The normalized spacial score (nSPS) is 11.2. The number of halogens is 1. The number of aromatic hydroxyl groups is 1. The summed E-state index contributed by atoms with van der Waals surface area (Å²) in [5.74, 6) is 2.89. The number of rotatable bonds is 10. The Hall–Kier alpha value is -1.29. The maximum Gasteiger partial charge on any atom is 0.200 e. The van der Waals surface area contributed by atoms with Crippen LogP contribution in [0.15, 0.2) is 36.4 Å². The van der Waals surface area contributed by atoms with Crippen LogP contribution in [0.25, 0.3) is 0 Å². The third-order valence-corrected chi connectivity index (χ3v) is 7.33. The van der Waals surface area contributed by atoms with Crippen LogP contribution in [-0.4, -0.2) is 44.6 Å². The van der Waals surface area contributed by atoms with Gasteiger partial charge in [0.15, 0.2) is 21.5 Å². The molecular weight excluding hydrogens is 578 g/mol. The van der Waals surface area contributed by atoms with E-state index in [0.29, 0.717) is 29.4 Å². The maximum absolute atomic E-state index is 11.5. The van der Waals surface area contributed by atoms with E-state index in [2.05, 4.69) is 78.1 Å². The Morgan fingerprint density at radius 1 is 0.659 bits per heavy atom. The molecule has 2 aromatic carbocycles. The Balaban J connectivity index is -0.000000572.